The summed E-state index contributed by atoms with van der Waals surface area (Å²) in [5, 5.41) is 4.76. The van der Waals surface area contributed by atoms with Crippen LogP contribution in [0.15, 0.2) is 6.20 Å². The highest BCUT2D eigenvalue weighted by Crippen LogP contribution is 2.23. The molecule has 0 radical (unpaired) electrons. The van der Waals surface area contributed by atoms with E-state index >= 15 is 0 Å². The Kier molecular flexibility index (Phi) is 3.13. The monoisotopic (exact) mass is 173 g/mol. The van der Waals surface area contributed by atoms with Crippen LogP contribution in [0.3, 0.4) is 0 Å². The smallest absolute Gasteiger partial charge is 0.274 e. The molecule has 0 saturated heterocycles. The summed E-state index contributed by atoms with van der Waals surface area (Å²) >= 11 is 1.47. The Labute approximate surface area is 69.4 Å². The highest BCUT2D eigenvalue weighted by Gasteiger charge is 1.98. The first-order chi connectivity index (χ1) is 5.36. The van der Waals surface area contributed by atoms with Gasteiger partial charge in [0.05, 0.1) is 13.3 Å². The van der Waals surface area contributed by atoms with Crippen molar-refractivity contribution in [1.29, 1.82) is 0 Å². The molecule has 4 nitrogen and oxygen atoms in total. The van der Waals surface area contributed by atoms with Crippen molar-refractivity contribution in [3.05, 3.63) is 6.20 Å². The van der Waals surface area contributed by atoms with Crippen LogP contribution in [0.4, 0.5) is 5.00 Å². The van der Waals surface area contributed by atoms with Crippen molar-refractivity contribution in [3.8, 4) is 5.19 Å². The van der Waals surface area contributed by atoms with Gasteiger partial charge < -0.3 is 15.8 Å². The number of thiazole rings is 1. The molecule has 62 valence electrons. The second kappa shape index (κ2) is 4.15. The number of hydrogen-bond acceptors (Lipinski definition) is 5. The Morgan fingerprint density at radius 2 is 2.64 bits per heavy atom. The molecule has 0 fully saturated rings. The molecule has 0 saturated carbocycles. The summed E-state index contributed by atoms with van der Waals surface area (Å²) in [5.41, 5.74) is 5.31. The first kappa shape index (κ1) is 8.29. The van der Waals surface area contributed by atoms with E-state index in [9.17, 15) is 0 Å². The molecule has 0 spiro atoms. The Morgan fingerprint density at radius 3 is 3.18 bits per heavy atom. The number of methoxy groups -OCH3 is 1. The van der Waals surface area contributed by atoms with E-state index in [2.05, 4.69) is 10.3 Å². The molecule has 0 atom stereocenters. The molecule has 1 aromatic heterocycles. The van der Waals surface area contributed by atoms with Crippen LogP contribution in [-0.4, -0.2) is 25.2 Å². The van der Waals surface area contributed by atoms with Gasteiger partial charge in [0.25, 0.3) is 5.19 Å². The number of aromatic nitrogens is 1. The molecular formula is C6H11N3OS. The number of nitrogens with two attached hydrogens (primary N) is 1. The van der Waals surface area contributed by atoms with Crippen molar-refractivity contribution in [2.45, 2.75) is 0 Å². The molecule has 3 N–H and O–H groups in total. The van der Waals surface area contributed by atoms with Crippen molar-refractivity contribution in [2.75, 3.05) is 25.5 Å². The molecule has 0 aliphatic rings. The van der Waals surface area contributed by atoms with E-state index in [4.69, 9.17) is 10.5 Å². The zero-order chi connectivity index (χ0) is 8.10. The van der Waals surface area contributed by atoms with Crippen LogP contribution < -0.4 is 15.8 Å². The predicted octanol–water partition coefficient (Wildman–Crippen LogP) is 0.522. The molecule has 0 aromatic carbocycles. The number of ether oxygens (including phenoxy) is 1. The summed E-state index contributed by atoms with van der Waals surface area (Å²) in [6.07, 6.45) is 1.74. The zero-order valence-electron chi connectivity index (χ0n) is 6.33. The maximum Gasteiger partial charge on any atom is 0.274 e. The van der Waals surface area contributed by atoms with Crippen LogP contribution in [0.2, 0.25) is 0 Å². The Hall–Kier alpha value is -0.810. The molecule has 0 bridgehead atoms. The first-order valence-electron chi connectivity index (χ1n) is 3.30. The third kappa shape index (κ3) is 2.36. The molecule has 11 heavy (non-hydrogen) atoms. The molecule has 0 aliphatic heterocycles. The quantitative estimate of drug-likeness (QED) is 0.697. The van der Waals surface area contributed by atoms with E-state index in [1.807, 2.05) is 0 Å². The van der Waals surface area contributed by atoms with Gasteiger partial charge in [-0.15, -0.1) is 0 Å². The molecule has 0 aliphatic carbocycles. The lowest BCUT2D eigenvalue weighted by Gasteiger charge is -1.96. The lowest BCUT2D eigenvalue weighted by Crippen LogP contribution is -2.12. The maximum atomic E-state index is 5.31. The summed E-state index contributed by atoms with van der Waals surface area (Å²) in [6.45, 7) is 1.39. The lowest BCUT2D eigenvalue weighted by atomic mass is 10.6. The van der Waals surface area contributed by atoms with Gasteiger partial charge >= 0.3 is 0 Å². The highest BCUT2D eigenvalue weighted by atomic mass is 32.1. The number of nitrogens with one attached hydrogen (secondary N) is 1. The standard InChI is InChI=1S/C6H11N3OS/c1-10-6-9-4-5(11-6)8-3-2-7/h4,8H,2-3,7H2,1H3. The van der Waals surface area contributed by atoms with E-state index in [0.29, 0.717) is 11.7 Å². The Morgan fingerprint density at radius 1 is 1.82 bits per heavy atom. The summed E-state index contributed by atoms with van der Waals surface area (Å²) in [5.74, 6) is 0. The molecule has 5 heteroatoms. The van der Waals surface area contributed by atoms with E-state index in [0.717, 1.165) is 11.5 Å². The van der Waals surface area contributed by atoms with E-state index < -0.39 is 0 Å². The van der Waals surface area contributed by atoms with Crippen molar-refractivity contribution >= 4 is 16.3 Å². The summed E-state index contributed by atoms with van der Waals surface area (Å²) in [4.78, 5) is 3.98. The average Bonchev–Trinajstić information content (AvgIpc) is 2.48. The topological polar surface area (TPSA) is 60.2 Å². The fourth-order valence-electron chi connectivity index (χ4n) is 0.630. The van der Waals surface area contributed by atoms with E-state index in [1.165, 1.54) is 11.3 Å². The van der Waals surface area contributed by atoms with Gasteiger partial charge in [-0.1, -0.05) is 11.3 Å². The minimum Gasteiger partial charge on any atom is -0.473 e. The van der Waals surface area contributed by atoms with Crippen LogP contribution in [0.25, 0.3) is 0 Å². The second-order valence-corrected chi connectivity index (χ2v) is 2.90. The molecule has 1 heterocycles. The van der Waals surface area contributed by atoms with E-state index in [-0.39, 0.29) is 0 Å². The summed E-state index contributed by atoms with van der Waals surface area (Å²) in [6, 6.07) is 0. The minimum absolute atomic E-state index is 0.625. The minimum atomic E-state index is 0.625. The fourth-order valence-corrected chi connectivity index (χ4v) is 1.29. The van der Waals surface area contributed by atoms with Crippen LogP contribution in [-0.2, 0) is 0 Å². The van der Waals surface area contributed by atoms with Crippen molar-refractivity contribution in [1.82, 2.24) is 4.98 Å². The van der Waals surface area contributed by atoms with Crippen molar-refractivity contribution in [3.63, 3.8) is 0 Å². The molecule has 0 unspecified atom stereocenters. The maximum absolute atomic E-state index is 5.31. The zero-order valence-corrected chi connectivity index (χ0v) is 7.15. The molecule has 1 rings (SSSR count). The van der Waals surface area contributed by atoms with Crippen molar-refractivity contribution < 1.29 is 4.74 Å². The first-order valence-corrected chi connectivity index (χ1v) is 4.12. The number of rotatable bonds is 4. The second-order valence-electron chi connectivity index (χ2n) is 1.91. The normalized spacial score (nSPS) is 9.64. The van der Waals surface area contributed by atoms with Gasteiger partial charge in [0.15, 0.2) is 0 Å². The average molecular weight is 173 g/mol. The lowest BCUT2D eigenvalue weighted by molar-refractivity contribution is 0.412. The predicted molar refractivity (Wildman–Crippen MR) is 46.2 cm³/mol. The van der Waals surface area contributed by atoms with Gasteiger partial charge in [-0.2, -0.15) is 0 Å². The van der Waals surface area contributed by atoms with Crippen molar-refractivity contribution in [2.24, 2.45) is 5.73 Å². The summed E-state index contributed by atoms with van der Waals surface area (Å²) in [7, 11) is 1.60. The van der Waals surface area contributed by atoms with Crippen LogP contribution in [0, 0.1) is 0 Å². The van der Waals surface area contributed by atoms with Gasteiger partial charge in [0.2, 0.25) is 0 Å². The fraction of sp³-hybridized carbons (Fsp3) is 0.500. The molecule has 1 aromatic rings. The third-order valence-electron chi connectivity index (χ3n) is 1.10. The third-order valence-corrected chi connectivity index (χ3v) is 2.02. The largest absolute Gasteiger partial charge is 0.473 e. The number of anilines is 1. The van der Waals surface area contributed by atoms with Crippen LogP contribution in [0.5, 0.6) is 5.19 Å². The SMILES string of the molecule is COc1ncc(NCCN)s1. The van der Waals surface area contributed by atoms with Gasteiger partial charge in [-0.25, -0.2) is 4.98 Å². The Balaban J connectivity index is 2.44. The van der Waals surface area contributed by atoms with Crippen LogP contribution >= 0.6 is 11.3 Å². The van der Waals surface area contributed by atoms with Gasteiger partial charge in [0.1, 0.15) is 5.00 Å². The summed E-state index contributed by atoms with van der Waals surface area (Å²) < 4.78 is 4.91. The molecule has 0 amide bonds. The van der Waals surface area contributed by atoms with Gasteiger partial charge in [-0.05, 0) is 0 Å². The number of nitrogens with zero attached hydrogens (tertiary/aromatic N) is 1. The Bertz CT molecular complexity index is 213. The molecular weight excluding hydrogens is 162 g/mol. The van der Waals surface area contributed by atoms with E-state index in [1.54, 1.807) is 13.3 Å². The van der Waals surface area contributed by atoms with Crippen LogP contribution in [0.1, 0.15) is 0 Å². The van der Waals surface area contributed by atoms with Gasteiger partial charge in [-0.3, -0.25) is 0 Å². The number of hydrogen-bond donors (Lipinski definition) is 2. The highest BCUT2D eigenvalue weighted by molar-refractivity contribution is 7.17. The van der Waals surface area contributed by atoms with Gasteiger partial charge in [0, 0.05) is 13.1 Å².